The summed E-state index contributed by atoms with van der Waals surface area (Å²) in [7, 11) is 0. The molecule has 0 spiro atoms. The van der Waals surface area contributed by atoms with Crippen LogP contribution in [0.5, 0.6) is 0 Å². The molecular formula is C11H18N2O3S. The number of carbonyl (C=O) groups is 1. The van der Waals surface area contributed by atoms with E-state index in [-0.39, 0.29) is 0 Å². The van der Waals surface area contributed by atoms with Crippen molar-refractivity contribution in [1.82, 2.24) is 10.3 Å². The standard InChI is InChI=1S/C11H18N2O3S/c1-11(2,3)16-10(15)13-5-4-8(14)9-12-6-7-17-9/h6-8,14H,4-5H2,1-3H3,(H,13,15). The molecule has 0 saturated carbocycles. The van der Waals surface area contributed by atoms with Crippen molar-refractivity contribution in [1.29, 1.82) is 0 Å². The maximum absolute atomic E-state index is 11.3. The van der Waals surface area contributed by atoms with Gasteiger partial charge < -0.3 is 15.2 Å². The highest BCUT2D eigenvalue weighted by atomic mass is 32.1. The summed E-state index contributed by atoms with van der Waals surface area (Å²) in [6, 6.07) is 0. The van der Waals surface area contributed by atoms with Gasteiger partial charge in [0.05, 0.1) is 0 Å². The summed E-state index contributed by atoms with van der Waals surface area (Å²) < 4.78 is 5.07. The summed E-state index contributed by atoms with van der Waals surface area (Å²) in [6.07, 6.45) is 0.964. The van der Waals surface area contributed by atoms with Crippen LogP contribution in [0.15, 0.2) is 11.6 Å². The molecule has 0 aliphatic carbocycles. The lowest BCUT2D eigenvalue weighted by molar-refractivity contribution is 0.0518. The Labute approximate surface area is 105 Å². The van der Waals surface area contributed by atoms with E-state index < -0.39 is 17.8 Å². The number of rotatable bonds is 4. The first-order valence-corrected chi connectivity index (χ1v) is 6.31. The minimum absolute atomic E-state index is 0.357. The zero-order valence-electron chi connectivity index (χ0n) is 10.3. The average molecular weight is 258 g/mol. The van der Waals surface area contributed by atoms with Gasteiger partial charge in [-0.15, -0.1) is 11.3 Å². The molecule has 0 fully saturated rings. The van der Waals surface area contributed by atoms with Crippen LogP contribution in [-0.2, 0) is 4.74 Å². The minimum Gasteiger partial charge on any atom is -0.444 e. The highest BCUT2D eigenvalue weighted by Crippen LogP contribution is 2.17. The van der Waals surface area contributed by atoms with Crippen LogP contribution in [0.3, 0.4) is 0 Å². The number of aromatic nitrogens is 1. The van der Waals surface area contributed by atoms with Crippen molar-refractivity contribution in [2.45, 2.75) is 38.9 Å². The molecule has 1 heterocycles. The predicted octanol–water partition coefficient (Wildman–Crippen LogP) is 2.09. The number of aliphatic hydroxyl groups is 1. The molecule has 1 unspecified atom stereocenters. The molecule has 0 aliphatic rings. The van der Waals surface area contributed by atoms with Crippen LogP contribution >= 0.6 is 11.3 Å². The van der Waals surface area contributed by atoms with E-state index >= 15 is 0 Å². The zero-order chi connectivity index (χ0) is 12.9. The Morgan fingerprint density at radius 3 is 2.88 bits per heavy atom. The van der Waals surface area contributed by atoms with Gasteiger partial charge in [0.2, 0.25) is 0 Å². The Morgan fingerprint density at radius 1 is 1.65 bits per heavy atom. The summed E-state index contributed by atoms with van der Waals surface area (Å²) in [4.78, 5) is 15.3. The number of hydrogen-bond donors (Lipinski definition) is 2. The minimum atomic E-state index is -0.634. The van der Waals surface area contributed by atoms with Crippen LogP contribution in [0.1, 0.15) is 38.3 Å². The third kappa shape index (κ3) is 5.65. The van der Waals surface area contributed by atoms with E-state index in [0.717, 1.165) is 0 Å². The van der Waals surface area contributed by atoms with Gasteiger partial charge in [-0.25, -0.2) is 9.78 Å². The fourth-order valence-corrected chi connectivity index (χ4v) is 1.81. The summed E-state index contributed by atoms with van der Waals surface area (Å²) in [5.41, 5.74) is -0.502. The number of thiazole rings is 1. The van der Waals surface area contributed by atoms with Crippen LogP contribution in [0.4, 0.5) is 4.79 Å². The highest BCUT2D eigenvalue weighted by Gasteiger charge is 2.16. The number of carbonyl (C=O) groups excluding carboxylic acids is 1. The molecule has 0 aromatic carbocycles. The van der Waals surface area contributed by atoms with Gasteiger partial charge in [0, 0.05) is 18.1 Å². The van der Waals surface area contributed by atoms with Crippen LogP contribution in [-0.4, -0.2) is 28.3 Å². The molecular weight excluding hydrogens is 240 g/mol. The third-order valence-corrected chi connectivity index (χ3v) is 2.70. The monoisotopic (exact) mass is 258 g/mol. The van der Waals surface area contributed by atoms with E-state index in [9.17, 15) is 9.90 Å². The molecule has 17 heavy (non-hydrogen) atoms. The first-order chi connectivity index (χ1) is 7.88. The molecule has 96 valence electrons. The maximum atomic E-state index is 11.3. The van der Waals surface area contributed by atoms with Gasteiger partial charge in [0.25, 0.3) is 0 Å². The first-order valence-electron chi connectivity index (χ1n) is 5.43. The second kappa shape index (κ2) is 5.97. The van der Waals surface area contributed by atoms with Crippen molar-refractivity contribution in [3.63, 3.8) is 0 Å². The number of hydrogen-bond acceptors (Lipinski definition) is 5. The smallest absolute Gasteiger partial charge is 0.407 e. The molecule has 0 saturated heterocycles. The molecule has 1 aromatic heterocycles. The average Bonchev–Trinajstić information content (AvgIpc) is 2.66. The molecule has 1 atom stereocenters. The number of nitrogens with one attached hydrogen (secondary N) is 1. The van der Waals surface area contributed by atoms with Gasteiger partial charge in [-0.3, -0.25) is 0 Å². The molecule has 1 rings (SSSR count). The maximum Gasteiger partial charge on any atom is 0.407 e. The van der Waals surface area contributed by atoms with E-state index in [1.807, 2.05) is 0 Å². The first kappa shape index (κ1) is 13.9. The molecule has 2 N–H and O–H groups in total. The SMILES string of the molecule is CC(C)(C)OC(=O)NCCC(O)c1nccs1. The van der Waals surface area contributed by atoms with Crippen molar-refractivity contribution < 1.29 is 14.6 Å². The van der Waals surface area contributed by atoms with E-state index in [0.29, 0.717) is 18.0 Å². The van der Waals surface area contributed by atoms with E-state index in [2.05, 4.69) is 10.3 Å². The fourth-order valence-electron chi connectivity index (χ4n) is 1.15. The number of ether oxygens (including phenoxy) is 1. The predicted molar refractivity (Wildman–Crippen MR) is 65.9 cm³/mol. The van der Waals surface area contributed by atoms with Crippen LogP contribution in [0.25, 0.3) is 0 Å². The van der Waals surface area contributed by atoms with Gasteiger partial charge >= 0.3 is 6.09 Å². The van der Waals surface area contributed by atoms with Crippen LogP contribution in [0.2, 0.25) is 0 Å². The lowest BCUT2D eigenvalue weighted by atomic mass is 10.2. The Balaban J connectivity index is 2.22. The summed E-state index contributed by atoms with van der Waals surface area (Å²) in [5.74, 6) is 0. The van der Waals surface area contributed by atoms with Crippen LogP contribution < -0.4 is 5.32 Å². The van der Waals surface area contributed by atoms with E-state index in [4.69, 9.17) is 4.74 Å². The summed E-state index contributed by atoms with van der Waals surface area (Å²) in [5, 5.41) is 14.8. The lowest BCUT2D eigenvalue weighted by Crippen LogP contribution is -2.33. The van der Waals surface area contributed by atoms with Gasteiger partial charge in [-0.05, 0) is 27.2 Å². The van der Waals surface area contributed by atoms with Crippen molar-refractivity contribution in [3.8, 4) is 0 Å². The Hall–Kier alpha value is -1.14. The molecule has 0 aliphatic heterocycles. The summed E-state index contributed by atoms with van der Waals surface area (Å²) in [6.45, 7) is 5.76. The Bertz CT molecular complexity index is 346. The van der Waals surface area contributed by atoms with E-state index in [1.165, 1.54) is 11.3 Å². The second-order valence-corrected chi connectivity index (χ2v) is 5.53. The van der Waals surface area contributed by atoms with Crippen molar-refractivity contribution in [3.05, 3.63) is 16.6 Å². The topological polar surface area (TPSA) is 71.5 Å². The fraction of sp³-hybridized carbons (Fsp3) is 0.636. The Kier molecular flexibility index (Phi) is 4.89. The van der Waals surface area contributed by atoms with E-state index in [1.54, 1.807) is 32.3 Å². The number of alkyl carbamates (subject to hydrolysis) is 1. The third-order valence-electron chi connectivity index (χ3n) is 1.82. The van der Waals surface area contributed by atoms with Gasteiger partial charge in [-0.2, -0.15) is 0 Å². The summed E-state index contributed by atoms with van der Waals surface area (Å²) >= 11 is 1.39. The van der Waals surface area contributed by atoms with Gasteiger partial charge in [0.1, 0.15) is 16.7 Å². The number of nitrogens with zero attached hydrogens (tertiary/aromatic N) is 1. The largest absolute Gasteiger partial charge is 0.444 e. The van der Waals surface area contributed by atoms with Crippen molar-refractivity contribution >= 4 is 17.4 Å². The molecule has 6 heteroatoms. The molecule has 1 aromatic rings. The highest BCUT2D eigenvalue weighted by molar-refractivity contribution is 7.09. The van der Waals surface area contributed by atoms with Crippen LogP contribution in [0, 0.1) is 0 Å². The molecule has 5 nitrogen and oxygen atoms in total. The zero-order valence-corrected chi connectivity index (χ0v) is 11.1. The van der Waals surface area contributed by atoms with Gasteiger partial charge in [-0.1, -0.05) is 0 Å². The quantitative estimate of drug-likeness (QED) is 0.867. The number of amides is 1. The van der Waals surface area contributed by atoms with Crippen molar-refractivity contribution in [2.75, 3.05) is 6.54 Å². The lowest BCUT2D eigenvalue weighted by Gasteiger charge is -2.19. The number of aliphatic hydroxyl groups excluding tert-OH is 1. The van der Waals surface area contributed by atoms with Gasteiger partial charge in [0.15, 0.2) is 0 Å². The molecule has 1 amide bonds. The Morgan fingerprint density at radius 2 is 2.35 bits per heavy atom. The normalized spacial score (nSPS) is 13.2. The molecule has 0 radical (unpaired) electrons. The second-order valence-electron chi connectivity index (χ2n) is 4.60. The van der Waals surface area contributed by atoms with Crippen molar-refractivity contribution in [2.24, 2.45) is 0 Å². The molecule has 0 bridgehead atoms.